The average Bonchev–Trinajstić information content (AvgIpc) is 2.68. The zero-order chi connectivity index (χ0) is 19.5. The molecule has 1 saturated heterocycles. The fraction of sp³-hybridized carbons (Fsp3) is 0.650. The summed E-state index contributed by atoms with van der Waals surface area (Å²) in [6, 6.07) is 5.42. The predicted molar refractivity (Wildman–Crippen MR) is 122 cm³/mol. The first-order valence-electron chi connectivity index (χ1n) is 9.83. The van der Waals surface area contributed by atoms with Gasteiger partial charge in [0.15, 0.2) is 17.5 Å². The first-order valence-corrected chi connectivity index (χ1v) is 9.83. The number of nitrogens with zero attached hydrogens (tertiary/aromatic N) is 2. The SMILES string of the molecule is CCNC(=NCc1ccc(OCC)c(F)c1)NC1CCN(CCOC)CC1.I. The van der Waals surface area contributed by atoms with Crippen molar-refractivity contribution in [3.8, 4) is 5.75 Å². The highest BCUT2D eigenvalue weighted by Crippen LogP contribution is 2.18. The largest absolute Gasteiger partial charge is 0.491 e. The molecule has 0 bridgehead atoms. The van der Waals surface area contributed by atoms with Crippen molar-refractivity contribution in [2.45, 2.75) is 39.3 Å². The molecule has 0 spiro atoms. The molecule has 2 rings (SSSR count). The van der Waals surface area contributed by atoms with Crippen LogP contribution >= 0.6 is 24.0 Å². The van der Waals surface area contributed by atoms with Gasteiger partial charge >= 0.3 is 0 Å². The number of hydrogen-bond donors (Lipinski definition) is 2. The molecule has 1 aliphatic rings. The number of rotatable bonds is 9. The Bertz CT molecular complexity index is 596. The van der Waals surface area contributed by atoms with E-state index in [1.54, 1.807) is 13.2 Å². The van der Waals surface area contributed by atoms with E-state index < -0.39 is 0 Å². The minimum atomic E-state index is -0.342. The predicted octanol–water partition coefficient (Wildman–Crippen LogP) is 3.01. The number of piperidine rings is 1. The fourth-order valence-electron chi connectivity index (χ4n) is 3.12. The Kier molecular flexibility index (Phi) is 12.4. The van der Waals surface area contributed by atoms with Gasteiger partial charge in [-0.1, -0.05) is 6.07 Å². The van der Waals surface area contributed by atoms with Crippen LogP contribution in [0.5, 0.6) is 5.75 Å². The first-order chi connectivity index (χ1) is 13.2. The molecule has 1 fully saturated rings. The smallest absolute Gasteiger partial charge is 0.191 e. The van der Waals surface area contributed by atoms with Crippen LogP contribution in [0.25, 0.3) is 0 Å². The van der Waals surface area contributed by atoms with Gasteiger partial charge in [0.25, 0.3) is 0 Å². The Morgan fingerprint density at radius 2 is 2.04 bits per heavy atom. The molecule has 2 N–H and O–H groups in total. The van der Waals surface area contributed by atoms with E-state index in [0.29, 0.717) is 19.2 Å². The van der Waals surface area contributed by atoms with Gasteiger partial charge in [0.1, 0.15) is 0 Å². The van der Waals surface area contributed by atoms with Crippen molar-refractivity contribution in [1.29, 1.82) is 0 Å². The van der Waals surface area contributed by atoms with Gasteiger partial charge < -0.3 is 25.0 Å². The van der Waals surface area contributed by atoms with Gasteiger partial charge in [-0.25, -0.2) is 9.38 Å². The van der Waals surface area contributed by atoms with E-state index in [9.17, 15) is 4.39 Å². The van der Waals surface area contributed by atoms with Crippen LogP contribution in [-0.4, -0.2) is 63.4 Å². The van der Waals surface area contributed by atoms with Crippen LogP contribution in [0.3, 0.4) is 0 Å². The van der Waals surface area contributed by atoms with E-state index in [4.69, 9.17) is 9.47 Å². The normalized spacial score (nSPS) is 15.8. The maximum absolute atomic E-state index is 14.0. The van der Waals surface area contributed by atoms with Crippen molar-refractivity contribution in [1.82, 2.24) is 15.5 Å². The highest BCUT2D eigenvalue weighted by atomic mass is 127. The van der Waals surface area contributed by atoms with Crippen LogP contribution in [0.2, 0.25) is 0 Å². The Morgan fingerprint density at radius 1 is 1.29 bits per heavy atom. The molecule has 1 aromatic rings. The fourth-order valence-corrected chi connectivity index (χ4v) is 3.12. The number of hydrogen-bond acceptors (Lipinski definition) is 4. The zero-order valence-electron chi connectivity index (χ0n) is 17.2. The minimum absolute atomic E-state index is 0. The van der Waals surface area contributed by atoms with Crippen molar-refractivity contribution in [2.24, 2.45) is 4.99 Å². The van der Waals surface area contributed by atoms with Crippen LogP contribution in [0, 0.1) is 5.82 Å². The second-order valence-electron chi connectivity index (χ2n) is 6.65. The molecule has 0 radical (unpaired) electrons. The van der Waals surface area contributed by atoms with Gasteiger partial charge in [-0.05, 0) is 44.4 Å². The van der Waals surface area contributed by atoms with E-state index in [1.165, 1.54) is 6.07 Å². The molecule has 0 amide bonds. The van der Waals surface area contributed by atoms with Gasteiger partial charge in [0.05, 0.1) is 19.8 Å². The summed E-state index contributed by atoms with van der Waals surface area (Å²) in [4.78, 5) is 7.04. The lowest BCUT2D eigenvalue weighted by Gasteiger charge is -2.32. The first kappa shape index (κ1) is 24.9. The van der Waals surface area contributed by atoms with Crippen molar-refractivity contribution in [3.05, 3.63) is 29.6 Å². The summed E-state index contributed by atoms with van der Waals surface area (Å²) in [5.74, 6) is 0.726. The van der Waals surface area contributed by atoms with Gasteiger partial charge in [0, 0.05) is 39.3 Å². The van der Waals surface area contributed by atoms with E-state index in [0.717, 1.165) is 57.2 Å². The molecule has 0 atom stereocenters. The summed E-state index contributed by atoms with van der Waals surface area (Å²) >= 11 is 0. The molecule has 0 saturated carbocycles. The summed E-state index contributed by atoms with van der Waals surface area (Å²) in [7, 11) is 1.74. The molecule has 1 aromatic carbocycles. The lowest BCUT2D eigenvalue weighted by atomic mass is 10.1. The Balaban J connectivity index is 0.00000392. The molecule has 0 aromatic heterocycles. The number of ether oxygens (including phenoxy) is 2. The molecular weight excluding hydrogens is 474 g/mol. The highest BCUT2D eigenvalue weighted by Gasteiger charge is 2.19. The minimum Gasteiger partial charge on any atom is -0.491 e. The summed E-state index contributed by atoms with van der Waals surface area (Å²) < 4.78 is 24.4. The van der Waals surface area contributed by atoms with E-state index in [1.807, 2.05) is 19.9 Å². The summed E-state index contributed by atoms with van der Waals surface area (Å²) in [6.07, 6.45) is 2.15. The van der Waals surface area contributed by atoms with Gasteiger partial charge in [0.2, 0.25) is 0 Å². The molecule has 1 aliphatic heterocycles. The van der Waals surface area contributed by atoms with E-state index in [2.05, 4.69) is 20.5 Å². The van der Waals surface area contributed by atoms with Crippen molar-refractivity contribution < 1.29 is 13.9 Å². The zero-order valence-corrected chi connectivity index (χ0v) is 19.5. The topological polar surface area (TPSA) is 58.1 Å². The maximum atomic E-state index is 14.0. The highest BCUT2D eigenvalue weighted by molar-refractivity contribution is 14.0. The lowest BCUT2D eigenvalue weighted by molar-refractivity contribution is 0.128. The third-order valence-electron chi connectivity index (χ3n) is 4.60. The molecular formula is C20H34FIN4O2. The molecule has 28 heavy (non-hydrogen) atoms. The van der Waals surface area contributed by atoms with E-state index in [-0.39, 0.29) is 35.5 Å². The number of halogens is 2. The van der Waals surface area contributed by atoms with E-state index >= 15 is 0 Å². The van der Waals surface area contributed by atoms with Crippen LogP contribution in [0.4, 0.5) is 4.39 Å². The monoisotopic (exact) mass is 508 g/mol. The molecule has 0 aliphatic carbocycles. The third kappa shape index (κ3) is 8.48. The second-order valence-corrected chi connectivity index (χ2v) is 6.65. The number of benzene rings is 1. The molecule has 8 heteroatoms. The summed E-state index contributed by atoms with van der Waals surface area (Å²) in [5, 5.41) is 6.79. The molecule has 6 nitrogen and oxygen atoms in total. The summed E-state index contributed by atoms with van der Waals surface area (Å²) in [6.45, 7) is 9.43. The van der Waals surface area contributed by atoms with Gasteiger partial charge in [-0.15, -0.1) is 24.0 Å². The Labute approximate surface area is 185 Å². The lowest BCUT2D eigenvalue weighted by Crippen LogP contribution is -2.49. The number of methoxy groups -OCH3 is 1. The molecule has 0 unspecified atom stereocenters. The summed E-state index contributed by atoms with van der Waals surface area (Å²) in [5.41, 5.74) is 0.822. The van der Waals surface area contributed by atoms with Crippen molar-refractivity contribution in [2.75, 3.05) is 46.5 Å². The molecule has 160 valence electrons. The van der Waals surface area contributed by atoms with Crippen molar-refractivity contribution >= 4 is 29.9 Å². The average molecular weight is 508 g/mol. The van der Waals surface area contributed by atoms with Crippen molar-refractivity contribution in [3.63, 3.8) is 0 Å². The number of nitrogens with one attached hydrogen (secondary N) is 2. The number of guanidine groups is 1. The maximum Gasteiger partial charge on any atom is 0.191 e. The quantitative estimate of drug-likeness (QED) is 0.305. The number of aliphatic imine (C=N–C) groups is 1. The van der Waals surface area contributed by atoms with Crippen LogP contribution in [-0.2, 0) is 11.3 Å². The Hall–Kier alpha value is -1.13. The Morgan fingerprint density at radius 3 is 2.64 bits per heavy atom. The molecule has 1 heterocycles. The third-order valence-corrected chi connectivity index (χ3v) is 4.60. The van der Waals surface area contributed by atoms with Gasteiger partial charge in [-0.3, -0.25) is 0 Å². The van der Waals surface area contributed by atoms with Gasteiger partial charge in [-0.2, -0.15) is 0 Å². The standard InChI is InChI=1S/C20H33FN4O2.HI/c1-4-22-20(24-17-8-10-25(11-9-17)12-13-26-3)23-15-16-6-7-19(27-5-2)18(21)14-16;/h6-7,14,17H,4-5,8-13,15H2,1-3H3,(H2,22,23,24);1H. The van der Waals surface area contributed by atoms with Crippen LogP contribution < -0.4 is 15.4 Å². The van der Waals surface area contributed by atoms with Crippen LogP contribution in [0.15, 0.2) is 23.2 Å². The van der Waals surface area contributed by atoms with Crippen LogP contribution in [0.1, 0.15) is 32.3 Å². The number of likely N-dealkylation sites (tertiary alicyclic amines) is 1. The second kappa shape index (κ2) is 13.9.